The van der Waals surface area contributed by atoms with E-state index in [9.17, 15) is 18.0 Å². The summed E-state index contributed by atoms with van der Waals surface area (Å²) >= 11 is 0. The van der Waals surface area contributed by atoms with Crippen molar-refractivity contribution in [3.05, 3.63) is 60.2 Å². The maximum atomic E-state index is 12.9. The highest BCUT2D eigenvalue weighted by atomic mass is 32.2. The molecule has 1 heterocycles. The smallest absolute Gasteiger partial charge is 0.253 e. The van der Waals surface area contributed by atoms with Gasteiger partial charge < -0.3 is 10.6 Å². The van der Waals surface area contributed by atoms with Crippen LogP contribution in [0.2, 0.25) is 0 Å². The van der Waals surface area contributed by atoms with Gasteiger partial charge in [0.2, 0.25) is 15.9 Å². The molecule has 1 saturated heterocycles. The zero-order valence-corrected chi connectivity index (χ0v) is 17.8. The van der Waals surface area contributed by atoms with E-state index in [2.05, 4.69) is 10.6 Å². The molecule has 2 N–H and O–H groups in total. The van der Waals surface area contributed by atoms with Crippen LogP contribution >= 0.6 is 0 Å². The van der Waals surface area contributed by atoms with E-state index in [1.807, 2.05) is 6.92 Å². The first-order valence-corrected chi connectivity index (χ1v) is 11.6. The Bertz CT molecular complexity index is 992. The molecule has 1 aliphatic rings. The van der Waals surface area contributed by atoms with E-state index in [1.54, 1.807) is 54.6 Å². The van der Waals surface area contributed by atoms with Crippen molar-refractivity contribution in [2.24, 2.45) is 5.92 Å². The van der Waals surface area contributed by atoms with Gasteiger partial charge in [-0.1, -0.05) is 37.3 Å². The molecule has 1 fully saturated rings. The summed E-state index contributed by atoms with van der Waals surface area (Å²) in [6.45, 7) is 3.02. The van der Waals surface area contributed by atoms with Crippen LogP contribution in [-0.4, -0.2) is 44.2 Å². The van der Waals surface area contributed by atoms with Crippen LogP contribution in [0.5, 0.6) is 0 Å². The second-order valence-electron chi connectivity index (χ2n) is 7.31. The summed E-state index contributed by atoms with van der Waals surface area (Å²) in [6, 6.07) is 15.1. The summed E-state index contributed by atoms with van der Waals surface area (Å²) in [7, 11) is -3.64. The predicted molar refractivity (Wildman–Crippen MR) is 116 cm³/mol. The molecule has 2 aromatic carbocycles. The van der Waals surface area contributed by atoms with Gasteiger partial charge in [0.1, 0.15) is 0 Å². The van der Waals surface area contributed by atoms with E-state index in [0.29, 0.717) is 37.2 Å². The van der Waals surface area contributed by atoms with Crippen LogP contribution in [0.1, 0.15) is 36.5 Å². The number of carbonyl (C=O) groups excluding carboxylic acids is 2. The Labute approximate surface area is 177 Å². The SMILES string of the molecule is CCCNC(=O)c1ccccc1NC(=O)[C@H]1CCCN(S(=O)(=O)c2ccccc2)C1. The number of sulfonamides is 1. The number of benzene rings is 2. The number of hydrogen-bond donors (Lipinski definition) is 2. The number of anilines is 1. The number of nitrogens with zero attached hydrogens (tertiary/aromatic N) is 1. The van der Waals surface area contributed by atoms with Gasteiger partial charge in [-0.15, -0.1) is 0 Å². The summed E-state index contributed by atoms with van der Waals surface area (Å²) in [6.07, 6.45) is 2.01. The molecule has 3 rings (SSSR count). The lowest BCUT2D eigenvalue weighted by Gasteiger charge is -2.31. The molecule has 7 nitrogen and oxygen atoms in total. The third kappa shape index (κ3) is 5.06. The quantitative estimate of drug-likeness (QED) is 0.707. The molecule has 2 aromatic rings. The third-order valence-corrected chi connectivity index (χ3v) is 6.98. The minimum atomic E-state index is -3.64. The van der Waals surface area contributed by atoms with Gasteiger partial charge in [0.25, 0.3) is 5.91 Å². The third-order valence-electron chi connectivity index (χ3n) is 5.10. The summed E-state index contributed by atoms with van der Waals surface area (Å²) in [5, 5.41) is 5.64. The number of hydrogen-bond acceptors (Lipinski definition) is 4. The van der Waals surface area contributed by atoms with Crippen LogP contribution in [-0.2, 0) is 14.8 Å². The molecular formula is C22H27N3O4S. The lowest BCUT2D eigenvalue weighted by atomic mass is 9.98. The average molecular weight is 430 g/mol. The first kappa shape index (κ1) is 22.0. The van der Waals surface area contributed by atoms with Crippen molar-refractivity contribution in [2.75, 3.05) is 25.0 Å². The van der Waals surface area contributed by atoms with E-state index < -0.39 is 15.9 Å². The van der Waals surface area contributed by atoms with Crippen LogP contribution in [0, 0.1) is 5.92 Å². The fourth-order valence-corrected chi connectivity index (χ4v) is 5.02. The molecule has 0 spiro atoms. The Hall–Kier alpha value is -2.71. The average Bonchev–Trinajstić information content (AvgIpc) is 2.78. The van der Waals surface area contributed by atoms with Gasteiger partial charge in [-0.3, -0.25) is 9.59 Å². The molecular weight excluding hydrogens is 402 g/mol. The van der Waals surface area contributed by atoms with E-state index in [-0.39, 0.29) is 23.3 Å². The summed E-state index contributed by atoms with van der Waals surface area (Å²) in [5.74, 6) is -1.01. The number of amides is 2. The molecule has 2 amide bonds. The molecule has 0 bridgehead atoms. The van der Waals surface area contributed by atoms with E-state index in [4.69, 9.17) is 0 Å². The van der Waals surface area contributed by atoms with Crippen molar-refractivity contribution < 1.29 is 18.0 Å². The fourth-order valence-electron chi connectivity index (χ4n) is 3.47. The fraction of sp³-hybridized carbons (Fsp3) is 0.364. The minimum Gasteiger partial charge on any atom is -0.352 e. The standard InChI is InChI=1S/C22H27N3O4S/c1-2-14-23-22(27)19-12-6-7-13-20(19)24-21(26)17-9-8-15-25(16-17)30(28,29)18-10-4-3-5-11-18/h3-7,10-13,17H,2,8-9,14-16H2,1H3,(H,23,27)(H,24,26)/t17-/m0/s1. The molecule has 1 aliphatic heterocycles. The summed E-state index contributed by atoms with van der Waals surface area (Å²) in [5.41, 5.74) is 0.822. The van der Waals surface area contributed by atoms with Gasteiger partial charge in [-0.2, -0.15) is 4.31 Å². The maximum Gasteiger partial charge on any atom is 0.253 e. The van der Waals surface area contributed by atoms with Crippen molar-refractivity contribution in [3.8, 4) is 0 Å². The molecule has 0 unspecified atom stereocenters. The highest BCUT2D eigenvalue weighted by molar-refractivity contribution is 7.89. The van der Waals surface area contributed by atoms with Gasteiger partial charge in [0.15, 0.2) is 0 Å². The summed E-state index contributed by atoms with van der Waals surface area (Å²) < 4.78 is 27.2. The van der Waals surface area contributed by atoms with Crippen LogP contribution < -0.4 is 10.6 Å². The Morgan fingerprint density at radius 1 is 1.07 bits per heavy atom. The zero-order valence-electron chi connectivity index (χ0n) is 17.0. The predicted octanol–water partition coefficient (Wildman–Crippen LogP) is 2.87. The number of rotatable bonds is 7. The molecule has 0 radical (unpaired) electrons. The van der Waals surface area contributed by atoms with Crippen molar-refractivity contribution in [2.45, 2.75) is 31.1 Å². The van der Waals surface area contributed by atoms with Gasteiger partial charge >= 0.3 is 0 Å². The number of para-hydroxylation sites is 1. The normalized spacial score (nSPS) is 17.3. The zero-order chi connectivity index (χ0) is 21.6. The first-order valence-electron chi connectivity index (χ1n) is 10.2. The Morgan fingerprint density at radius 3 is 2.50 bits per heavy atom. The van der Waals surface area contributed by atoms with E-state index >= 15 is 0 Å². The first-order chi connectivity index (χ1) is 14.4. The van der Waals surface area contributed by atoms with Crippen LogP contribution in [0.25, 0.3) is 0 Å². The highest BCUT2D eigenvalue weighted by Crippen LogP contribution is 2.25. The lowest BCUT2D eigenvalue weighted by Crippen LogP contribution is -2.43. The van der Waals surface area contributed by atoms with Gasteiger partial charge in [-0.25, -0.2) is 8.42 Å². The maximum absolute atomic E-state index is 12.9. The Kier molecular flexibility index (Phi) is 7.23. The summed E-state index contributed by atoms with van der Waals surface area (Å²) in [4.78, 5) is 25.5. The van der Waals surface area contributed by atoms with Gasteiger partial charge in [0.05, 0.1) is 22.1 Å². The largest absolute Gasteiger partial charge is 0.352 e. The van der Waals surface area contributed by atoms with E-state index in [0.717, 1.165) is 6.42 Å². The molecule has 0 aromatic heterocycles. The molecule has 0 saturated carbocycles. The molecule has 0 aliphatic carbocycles. The number of nitrogens with one attached hydrogen (secondary N) is 2. The topological polar surface area (TPSA) is 95.6 Å². The Morgan fingerprint density at radius 2 is 1.77 bits per heavy atom. The number of piperidine rings is 1. The van der Waals surface area contributed by atoms with Crippen LogP contribution in [0.15, 0.2) is 59.5 Å². The Balaban J connectivity index is 1.72. The minimum absolute atomic E-state index is 0.118. The van der Waals surface area contributed by atoms with Crippen molar-refractivity contribution in [1.29, 1.82) is 0 Å². The molecule has 8 heteroatoms. The lowest BCUT2D eigenvalue weighted by molar-refractivity contribution is -0.120. The van der Waals surface area contributed by atoms with Crippen molar-refractivity contribution >= 4 is 27.5 Å². The monoisotopic (exact) mass is 429 g/mol. The second kappa shape index (κ2) is 9.86. The van der Waals surface area contributed by atoms with Gasteiger partial charge in [0, 0.05) is 19.6 Å². The second-order valence-corrected chi connectivity index (χ2v) is 9.24. The molecule has 30 heavy (non-hydrogen) atoms. The van der Waals surface area contributed by atoms with Crippen LogP contribution in [0.4, 0.5) is 5.69 Å². The molecule has 1 atom stereocenters. The molecule has 160 valence electrons. The highest BCUT2D eigenvalue weighted by Gasteiger charge is 2.33. The van der Waals surface area contributed by atoms with E-state index in [1.165, 1.54) is 4.31 Å². The number of carbonyl (C=O) groups is 2. The van der Waals surface area contributed by atoms with Crippen molar-refractivity contribution in [3.63, 3.8) is 0 Å². The van der Waals surface area contributed by atoms with Crippen molar-refractivity contribution in [1.82, 2.24) is 9.62 Å². The van der Waals surface area contributed by atoms with Crippen LogP contribution in [0.3, 0.4) is 0 Å². The van der Waals surface area contributed by atoms with Gasteiger partial charge in [-0.05, 0) is 43.5 Å².